The van der Waals surface area contributed by atoms with Gasteiger partial charge in [0.25, 0.3) is 0 Å². The first-order valence-electron chi connectivity index (χ1n) is 11.2. The maximum atomic E-state index is 12.3. The summed E-state index contributed by atoms with van der Waals surface area (Å²) in [5.41, 5.74) is 3.81. The number of aliphatic carboxylic acids is 1. The van der Waals surface area contributed by atoms with Crippen molar-refractivity contribution < 1.29 is 20.2 Å². The second kappa shape index (κ2) is 14.4. The molecule has 0 fully saturated rings. The molecule has 0 unspecified atom stereocenters. The number of benzene rings is 2. The van der Waals surface area contributed by atoms with Crippen LogP contribution >= 0.6 is 24.2 Å². The molecule has 0 saturated carbocycles. The molecule has 0 radical (unpaired) electrons. The quantitative estimate of drug-likeness (QED) is 0.301. The molecular weight excluding hydrogens is 496 g/mol. The normalized spacial score (nSPS) is 10.9. The molecule has 0 atom stereocenters. The number of hydrogen-bond donors (Lipinski definition) is 2. The van der Waals surface area contributed by atoms with Gasteiger partial charge in [-0.2, -0.15) is 0 Å². The van der Waals surface area contributed by atoms with Crippen LogP contribution in [0.15, 0.2) is 71.6 Å². The van der Waals surface area contributed by atoms with Crippen molar-refractivity contribution in [1.82, 2.24) is 4.98 Å². The fourth-order valence-corrected chi connectivity index (χ4v) is 3.93. The van der Waals surface area contributed by atoms with E-state index >= 15 is 0 Å². The molecule has 1 aromatic heterocycles. The molecule has 0 aliphatic carbocycles. The lowest BCUT2D eigenvalue weighted by Gasteiger charge is -2.18. The van der Waals surface area contributed by atoms with Crippen LogP contribution in [0.25, 0.3) is 12.2 Å². The van der Waals surface area contributed by atoms with Crippen LogP contribution in [-0.4, -0.2) is 27.4 Å². The van der Waals surface area contributed by atoms with Crippen molar-refractivity contribution >= 4 is 53.9 Å². The van der Waals surface area contributed by atoms with E-state index in [2.05, 4.69) is 36.5 Å². The van der Waals surface area contributed by atoms with E-state index in [1.807, 2.05) is 54.6 Å². The van der Waals surface area contributed by atoms with Gasteiger partial charge in [0.05, 0.1) is 16.8 Å². The number of carboxylic acids is 1. The number of thioether (sulfide) groups is 1. The molecule has 0 saturated heterocycles. The third kappa shape index (κ3) is 9.85. The van der Waals surface area contributed by atoms with Crippen LogP contribution in [0.2, 0.25) is 0 Å². The van der Waals surface area contributed by atoms with Gasteiger partial charge in [0, 0.05) is 22.8 Å². The average Bonchev–Trinajstić information content (AvgIpc) is 2.82. The van der Waals surface area contributed by atoms with Gasteiger partial charge in [-0.15, -0.1) is 24.2 Å². The number of carbonyl (C=O) groups is 2. The summed E-state index contributed by atoms with van der Waals surface area (Å²) >= 11 is 1.76. The lowest BCUT2D eigenvalue weighted by atomic mass is 9.88. The number of nitrogens with one attached hydrogen (secondary N) is 1. The van der Waals surface area contributed by atoms with Crippen LogP contribution in [0, 0.1) is 12.3 Å². The highest BCUT2D eigenvalue weighted by Gasteiger charge is 2.27. The Kier molecular flexibility index (Phi) is 12.4. The Bertz CT molecular complexity index is 1180. The first-order chi connectivity index (χ1) is 16.2. The SMILES string of the molecule is Cc1ccc(SCc2cccc(C=Cc3cccc(NC(=O)CCC(C)(C)C(=O)O)c3)n2)cc1.Cl.O. The third-order valence-electron chi connectivity index (χ3n) is 5.41. The Morgan fingerprint density at radius 2 is 1.72 bits per heavy atom. The van der Waals surface area contributed by atoms with E-state index in [0.29, 0.717) is 5.69 Å². The number of nitrogens with zero attached hydrogens (tertiary/aromatic N) is 1. The zero-order chi connectivity index (χ0) is 24.6. The number of carbonyl (C=O) groups excluding carboxylic acids is 1. The molecule has 3 rings (SSSR count). The summed E-state index contributed by atoms with van der Waals surface area (Å²) in [6.45, 7) is 5.33. The number of aromatic nitrogens is 1. The highest BCUT2D eigenvalue weighted by Crippen LogP contribution is 2.24. The highest BCUT2D eigenvalue weighted by atomic mass is 35.5. The van der Waals surface area contributed by atoms with Crippen molar-refractivity contribution in [1.29, 1.82) is 0 Å². The molecular formula is C28H33ClN2O4S. The number of anilines is 1. The molecule has 8 heteroatoms. The van der Waals surface area contributed by atoms with Crippen molar-refractivity contribution in [2.45, 2.75) is 44.3 Å². The third-order valence-corrected chi connectivity index (χ3v) is 6.45. The zero-order valence-electron chi connectivity index (χ0n) is 20.7. The average molecular weight is 529 g/mol. The van der Waals surface area contributed by atoms with Crippen LogP contribution in [0.1, 0.15) is 49.2 Å². The molecule has 36 heavy (non-hydrogen) atoms. The molecule has 0 spiro atoms. The van der Waals surface area contributed by atoms with Crippen LogP contribution in [0.4, 0.5) is 5.69 Å². The molecule has 0 aliphatic rings. The van der Waals surface area contributed by atoms with Crippen molar-refractivity contribution in [2.24, 2.45) is 5.41 Å². The van der Waals surface area contributed by atoms with Gasteiger partial charge in [0.2, 0.25) is 5.91 Å². The minimum absolute atomic E-state index is 0. The smallest absolute Gasteiger partial charge is 0.309 e. The predicted molar refractivity (Wildman–Crippen MR) is 150 cm³/mol. The Labute approximate surface area is 223 Å². The zero-order valence-corrected chi connectivity index (χ0v) is 22.3. The standard InChI is InChI=1S/C28H30N2O3S.ClH.H2O/c1-20-10-14-25(15-11-20)34-19-24-9-5-7-22(29-24)13-12-21-6-4-8-23(18-21)30-26(31)16-17-28(2,3)27(32)33;;/h4-15,18H,16-17,19H2,1-3H3,(H,30,31)(H,32,33);1H;1H2. The van der Waals surface area contributed by atoms with Gasteiger partial charge in [0.1, 0.15) is 0 Å². The number of rotatable bonds is 10. The van der Waals surface area contributed by atoms with E-state index in [1.165, 1.54) is 10.5 Å². The summed E-state index contributed by atoms with van der Waals surface area (Å²) in [5, 5.41) is 12.0. The summed E-state index contributed by atoms with van der Waals surface area (Å²) < 4.78 is 0. The largest absolute Gasteiger partial charge is 0.481 e. The molecule has 2 aromatic carbocycles. The first-order valence-corrected chi connectivity index (χ1v) is 12.2. The van der Waals surface area contributed by atoms with Crippen LogP contribution in [0.3, 0.4) is 0 Å². The van der Waals surface area contributed by atoms with Crippen LogP contribution in [0.5, 0.6) is 0 Å². The van der Waals surface area contributed by atoms with E-state index in [-0.39, 0.29) is 36.6 Å². The van der Waals surface area contributed by atoms with Crippen molar-refractivity contribution in [3.8, 4) is 0 Å². The van der Waals surface area contributed by atoms with Gasteiger partial charge in [-0.05, 0) is 75.2 Å². The van der Waals surface area contributed by atoms with E-state index in [9.17, 15) is 14.7 Å². The summed E-state index contributed by atoms with van der Waals surface area (Å²) in [6, 6.07) is 22.0. The number of carboxylic acid groups (broad SMARTS) is 1. The molecule has 0 bridgehead atoms. The van der Waals surface area contributed by atoms with E-state index in [4.69, 9.17) is 4.98 Å². The second-order valence-corrected chi connectivity index (χ2v) is 9.90. The first kappa shape index (κ1) is 30.9. The minimum Gasteiger partial charge on any atom is -0.481 e. The Hall–Kier alpha value is -3.13. The van der Waals surface area contributed by atoms with Gasteiger partial charge < -0.3 is 15.9 Å². The Morgan fingerprint density at radius 3 is 2.42 bits per heavy atom. The van der Waals surface area contributed by atoms with Crippen molar-refractivity contribution in [3.05, 3.63) is 89.2 Å². The van der Waals surface area contributed by atoms with Gasteiger partial charge in [-0.3, -0.25) is 14.6 Å². The maximum absolute atomic E-state index is 12.3. The Morgan fingerprint density at radius 1 is 1.03 bits per heavy atom. The van der Waals surface area contributed by atoms with Gasteiger partial charge >= 0.3 is 5.97 Å². The van der Waals surface area contributed by atoms with Gasteiger partial charge in [-0.1, -0.05) is 42.0 Å². The number of aryl methyl sites for hydroxylation is 1. The fourth-order valence-electron chi connectivity index (χ4n) is 3.12. The second-order valence-electron chi connectivity index (χ2n) is 8.85. The van der Waals surface area contributed by atoms with Gasteiger partial charge in [-0.25, -0.2) is 0 Å². The Balaban J connectivity index is 0.00000324. The monoisotopic (exact) mass is 528 g/mol. The molecule has 0 aliphatic heterocycles. The molecule has 3 aromatic rings. The number of pyridine rings is 1. The number of hydrogen-bond acceptors (Lipinski definition) is 4. The number of amides is 1. The van der Waals surface area contributed by atoms with Gasteiger partial charge in [0.15, 0.2) is 0 Å². The molecule has 4 N–H and O–H groups in total. The van der Waals surface area contributed by atoms with Crippen molar-refractivity contribution in [2.75, 3.05) is 5.32 Å². The van der Waals surface area contributed by atoms with Crippen molar-refractivity contribution in [3.63, 3.8) is 0 Å². The summed E-state index contributed by atoms with van der Waals surface area (Å²) in [6.07, 6.45) is 4.34. The van der Waals surface area contributed by atoms with E-state index in [0.717, 1.165) is 22.7 Å². The maximum Gasteiger partial charge on any atom is 0.309 e. The van der Waals surface area contributed by atoms with Crippen LogP contribution < -0.4 is 5.32 Å². The predicted octanol–water partition coefficient (Wildman–Crippen LogP) is 6.28. The van der Waals surface area contributed by atoms with E-state index < -0.39 is 11.4 Å². The molecule has 192 valence electrons. The molecule has 6 nitrogen and oxygen atoms in total. The van der Waals surface area contributed by atoms with E-state index in [1.54, 1.807) is 25.6 Å². The lowest BCUT2D eigenvalue weighted by Crippen LogP contribution is -2.25. The molecule has 1 heterocycles. The fraction of sp³-hybridized carbons (Fsp3) is 0.250. The minimum atomic E-state index is -0.928. The lowest BCUT2D eigenvalue weighted by molar-refractivity contribution is -0.147. The molecule has 1 amide bonds. The highest BCUT2D eigenvalue weighted by molar-refractivity contribution is 7.98. The summed E-state index contributed by atoms with van der Waals surface area (Å²) in [5.74, 6) is -0.306. The topological polar surface area (TPSA) is 111 Å². The van der Waals surface area contributed by atoms with Crippen LogP contribution in [-0.2, 0) is 15.3 Å². The summed E-state index contributed by atoms with van der Waals surface area (Å²) in [4.78, 5) is 29.4. The summed E-state index contributed by atoms with van der Waals surface area (Å²) in [7, 11) is 0. The number of halogens is 1.